The van der Waals surface area contributed by atoms with Gasteiger partial charge in [-0.25, -0.2) is 4.98 Å². The Hall–Kier alpha value is -1.34. The van der Waals surface area contributed by atoms with Gasteiger partial charge in [0.1, 0.15) is 0 Å². The van der Waals surface area contributed by atoms with Gasteiger partial charge in [0.2, 0.25) is 10.7 Å². The molecule has 0 radical (unpaired) electrons. The third-order valence-electron chi connectivity index (χ3n) is 1.52. The summed E-state index contributed by atoms with van der Waals surface area (Å²) in [7, 11) is 0. The molecule has 0 aliphatic carbocycles. The first-order valence-electron chi connectivity index (χ1n) is 3.82. The second-order valence-electron chi connectivity index (χ2n) is 2.61. The fraction of sp³-hybridized carbons (Fsp3) is 0.143. The fourth-order valence-electron chi connectivity index (χ4n) is 0.988. The first-order chi connectivity index (χ1) is 6.65. The van der Waals surface area contributed by atoms with E-state index in [-0.39, 0.29) is 10.7 Å². The second-order valence-corrected chi connectivity index (χ2v) is 4.21. The minimum Gasteiger partial charge on any atom is -0.369 e. The van der Waals surface area contributed by atoms with E-state index >= 15 is 0 Å². The van der Waals surface area contributed by atoms with Crippen molar-refractivity contribution in [3.63, 3.8) is 0 Å². The number of aryl methyl sites for hydroxylation is 1. The molecule has 14 heavy (non-hydrogen) atoms. The van der Waals surface area contributed by atoms with Crippen molar-refractivity contribution in [1.29, 1.82) is 0 Å². The summed E-state index contributed by atoms with van der Waals surface area (Å²) in [5.74, 6) is 0.888. The van der Waals surface area contributed by atoms with Crippen molar-refractivity contribution in [1.82, 2.24) is 19.9 Å². The molecular weight excluding hydrogens is 218 g/mol. The number of nitrogens with two attached hydrogens (primary N) is 1. The van der Waals surface area contributed by atoms with Crippen LogP contribution in [0.1, 0.15) is 5.01 Å². The third kappa shape index (κ3) is 1.78. The van der Waals surface area contributed by atoms with Gasteiger partial charge in [-0.3, -0.25) is 0 Å². The molecule has 72 valence electrons. The van der Waals surface area contributed by atoms with Gasteiger partial charge in [-0.1, -0.05) is 0 Å². The number of H-pyrrole nitrogens is 1. The predicted octanol–water partition coefficient (Wildman–Crippen LogP) is 1.55. The number of aromatic amines is 1. The molecule has 0 unspecified atom stereocenters. The highest BCUT2D eigenvalue weighted by molar-refractivity contribution is 7.71. The van der Waals surface area contributed by atoms with Crippen molar-refractivity contribution in [3.8, 4) is 10.7 Å². The molecule has 5 nitrogen and oxygen atoms in total. The monoisotopic (exact) mass is 225 g/mol. The minimum atomic E-state index is 0.238. The molecule has 0 saturated carbocycles. The van der Waals surface area contributed by atoms with Crippen LogP contribution in [0.3, 0.4) is 0 Å². The van der Waals surface area contributed by atoms with E-state index in [0.717, 1.165) is 9.88 Å². The molecule has 2 rings (SSSR count). The molecule has 0 spiro atoms. The first-order valence-corrected chi connectivity index (χ1v) is 5.04. The Morgan fingerprint density at radius 3 is 2.86 bits per heavy atom. The molecule has 7 heteroatoms. The largest absolute Gasteiger partial charge is 0.369 e. The van der Waals surface area contributed by atoms with Gasteiger partial charge in [0, 0.05) is 6.20 Å². The number of anilines is 1. The number of thiazole rings is 1. The van der Waals surface area contributed by atoms with Crippen LogP contribution in [-0.2, 0) is 0 Å². The molecule has 2 heterocycles. The molecule has 0 atom stereocenters. The Kier molecular flexibility index (Phi) is 2.26. The molecule has 3 N–H and O–H groups in total. The number of hydrogen-bond acceptors (Lipinski definition) is 6. The lowest BCUT2D eigenvalue weighted by Gasteiger charge is -1.97. The number of hydrogen-bond donors (Lipinski definition) is 2. The van der Waals surface area contributed by atoms with Crippen LogP contribution in [0, 0.1) is 11.7 Å². The molecule has 0 bridgehead atoms. The molecule has 2 aromatic rings. The lowest BCUT2D eigenvalue weighted by Crippen LogP contribution is -1.98. The van der Waals surface area contributed by atoms with Gasteiger partial charge in [0.25, 0.3) is 0 Å². The Morgan fingerprint density at radius 2 is 2.29 bits per heavy atom. The highest BCUT2D eigenvalue weighted by atomic mass is 32.1. The lowest BCUT2D eigenvalue weighted by molar-refractivity contribution is 1.05. The number of nitrogens with one attached hydrogen (secondary N) is 1. The summed E-state index contributed by atoms with van der Waals surface area (Å²) in [6.07, 6.45) is 1.73. The van der Waals surface area contributed by atoms with Gasteiger partial charge in [-0.05, 0) is 19.1 Å². The average Bonchev–Trinajstić information content (AvgIpc) is 2.50. The highest BCUT2D eigenvalue weighted by Gasteiger charge is 2.04. The van der Waals surface area contributed by atoms with E-state index in [2.05, 4.69) is 19.9 Å². The smallest absolute Gasteiger partial charge is 0.224 e. The van der Waals surface area contributed by atoms with Crippen molar-refractivity contribution >= 4 is 29.5 Å². The van der Waals surface area contributed by atoms with Gasteiger partial charge in [0.05, 0.1) is 9.88 Å². The van der Waals surface area contributed by atoms with Crippen molar-refractivity contribution in [2.45, 2.75) is 6.92 Å². The highest BCUT2D eigenvalue weighted by Crippen LogP contribution is 2.21. The Bertz CT molecular complexity index is 515. The second kappa shape index (κ2) is 3.43. The van der Waals surface area contributed by atoms with Crippen LogP contribution in [0.5, 0.6) is 0 Å². The van der Waals surface area contributed by atoms with Crippen LogP contribution in [0.4, 0.5) is 5.95 Å². The number of rotatable bonds is 1. The maximum atomic E-state index is 5.51. The van der Waals surface area contributed by atoms with Crippen LogP contribution in [-0.4, -0.2) is 19.9 Å². The minimum absolute atomic E-state index is 0.238. The van der Waals surface area contributed by atoms with Gasteiger partial charge >= 0.3 is 0 Å². The molecule has 2 aromatic heterocycles. The Balaban J connectivity index is 2.56. The zero-order valence-corrected chi connectivity index (χ0v) is 8.95. The number of nitrogens with zero attached hydrogens (tertiary/aromatic N) is 3. The number of aromatic nitrogens is 4. The van der Waals surface area contributed by atoms with Gasteiger partial charge in [0.15, 0.2) is 5.82 Å². The summed E-state index contributed by atoms with van der Waals surface area (Å²) < 4.78 is 0.238. The fourth-order valence-corrected chi connectivity index (χ4v) is 1.90. The van der Waals surface area contributed by atoms with Crippen molar-refractivity contribution in [2.75, 3.05) is 5.73 Å². The molecule has 0 aliphatic rings. The molecule has 0 aliphatic heterocycles. The first kappa shape index (κ1) is 9.22. The standard InChI is InChI=1S/C7H7N5S2/c1-3-9-2-4(14-3)5-10-6(8)12-7(13)11-5/h2H,1H3,(H3,8,10,11,12,13). The zero-order valence-electron chi connectivity index (χ0n) is 7.31. The van der Waals surface area contributed by atoms with Gasteiger partial charge in [-0.2, -0.15) is 9.97 Å². The van der Waals surface area contributed by atoms with Crippen LogP contribution in [0.15, 0.2) is 6.20 Å². The van der Waals surface area contributed by atoms with E-state index in [9.17, 15) is 0 Å². The molecule has 0 fully saturated rings. The quantitative estimate of drug-likeness (QED) is 0.720. The average molecular weight is 225 g/mol. The van der Waals surface area contributed by atoms with Crippen LogP contribution < -0.4 is 5.73 Å². The molecule has 0 aromatic carbocycles. The molecule has 0 saturated heterocycles. The van der Waals surface area contributed by atoms with E-state index in [1.165, 1.54) is 11.3 Å². The maximum absolute atomic E-state index is 5.51. The lowest BCUT2D eigenvalue weighted by atomic mass is 10.5. The zero-order chi connectivity index (χ0) is 10.1. The van der Waals surface area contributed by atoms with E-state index in [0.29, 0.717) is 5.82 Å². The van der Waals surface area contributed by atoms with E-state index in [1.54, 1.807) is 6.20 Å². The van der Waals surface area contributed by atoms with E-state index in [4.69, 9.17) is 18.0 Å². The van der Waals surface area contributed by atoms with Crippen molar-refractivity contribution < 1.29 is 0 Å². The van der Waals surface area contributed by atoms with Gasteiger partial charge < -0.3 is 10.7 Å². The van der Waals surface area contributed by atoms with E-state index < -0.39 is 0 Å². The summed E-state index contributed by atoms with van der Waals surface area (Å²) >= 11 is 6.38. The van der Waals surface area contributed by atoms with Crippen LogP contribution in [0.25, 0.3) is 10.7 Å². The summed E-state index contributed by atoms with van der Waals surface area (Å²) in [6.45, 7) is 1.92. The topological polar surface area (TPSA) is 80.5 Å². The van der Waals surface area contributed by atoms with Crippen molar-refractivity contribution in [2.24, 2.45) is 0 Å². The summed E-state index contributed by atoms with van der Waals surface area (Å²) in [4.78, 5) is 15.7. The maximum Gasteiger partial charge on any atom is 0.224 e. The Morgan fingerprint density at radius 1 is 1.50 bits per heavy atom. The van der Waals surface area contributed by atoms with Gasteiger partial charge in [-0.15, -0.1) is 11.3 Å². The summed E-state index contributed by atoms with van der Waals surface area (Å²) in [5, 5.41) is 0.969. The molecular formula is C7H7N5S2. The normalized spacial score (nSPS) is 10.4. The summed E-state index contributed by atoms with van der Waals surface area (Å²) in [5.41, 5.74) is 5.51. The van der Waals surface area contributed by atoms with Crippen LogP contribution in [0.2, 0.25) is 0 Å². The Labute approximate surface area is 89.1 Å². The van der Waals surface area contributed by atoms with E-state index in [1.807, 2.05) is 6.92 Å². The summed E-state index contributed by atoms with van der Waals surface area (Å²) in [6, 6.07) is 0. The van der Waals surface area contributed by atoms with Crippen LogP contribution >= 0.6 is 23.6 Å². The molecule has 0 amide bonds. The third-order valence-corrected chi connectivity index (χ3v) is 2.63. The number of nitrogen functional groups attached to an aromatic ring is 1. The predicted molar refractivity (Wildman–Crippen MR) is 57.5 cm³/mol. The van der Waals surface area contributed by atoms with Crippen molar-refractivity contribution in [3.05, 3.63) is 16.0 Å². The SMILES string of the molecule is Cc1ncc(-c2nc(=S)nc(N)[nH]2)s1.